The topological polar surface area (TPSA) is 32.3 Å². The molecule has 3 heteroatoms. The van der Waals surface area contributed by atoms with Gasteiger partial charge in [0.1, 0.15) is 11.6 Å². The molecule has 86 valence electrons. The molecule has 0 aliphatic heterocycles. The third-order valence-corrected chi connectivity index (χ3v) is 2.95. The third kappa shape index (κ3) is 2.42. The second-order valence-corrected chi connectivity index (χ2v) is 4.23. The summed E-state index contributed by atoms with van der Waals surface area (Å²) in [5.41, 5.74) is 0.618. The van der Waals surface area contributed by atoms with Gasteiger partial charge in [0, 0.05) is 17.6 Å². The first kappa shape index (κ1) is 11.1. The molecule has 2 N–H and O–H groups in total. The minimum absolute atomic E-state index is 0.0411. The van der Waals surface area contributed by atoms with Crippen LogP contribution in [0.5, 0.6) is 5.75 Å². The van der Waals surface area contributed by atoms with Crippen molar-refractivity contribution in [3.05, 3.63) is 41.7 Å². The zero-order valence-electron chi connectivity index (χ0n) is 9.28. The summed E-state index contributed by atoms with van der Waals surface area (Å²) in [6, 6.07) is 4.41. The van der Waals surface area contributed by atoms with Crippen LogP contribution in [0.3, 0.4) is 0 Å². The molecule has 0 fully saturated rings. The van der Waals surface area contributed by atoms with Gasteiger partial charge in [-0.05, 0) is 38.0 Å². The van der Waals surface area contributed by atoms with Crippen LogP contribution in [0, 0.1) is 5.82 Å². The number of rotatable bonds is 3. The van der Waals surface area contributed by atoms with Gasteiger partial charge in [-0.3, -0.25) is 0 Å². The summed E-state index contributed by atoms with van der Waals surface area (Å²) in [5.74, 6) is -0.168. The Kier molecular flexibility index (Phi) is 3.25. The van der Waals surface area contributed by atoms with Crippen molar-refractivity contribution in [3.8, 4) is 5.75 Å². The highest BCUT2D eigenvalue weighted by Crippen LogP contribution is 2.26. The van der Waals surface area contributed by atoms with Gasteiger partial charge in [0.05, 0.1) is 0 Å². The molecule has 2 nitrogen and oxygen atoms in total. The second-order valence-electron chi connectivity index (χ2n) is 4.23. The lowest BCUT2D eigenvalue weighted by molar-refractivity contribution is 0.428. The summed E-state index contributed by atoms with van der Waals surface area (Å²) >= 11 is 0. The molecule has 0 spiro atoms. The summed E-state index contributed by atoms with van der Waals surface area (Å²) in [4.78, 5) is 0. The average Bonchev–Trinajstić information content (AvgIpc) is 2.74. The molecule has 1 atom stereocenters. The van der Waals surface area contributed by atoms with Crippen LogP contribution in [-0.4, -0.2) is 11.1 Å². The average molecular weight is 221 g/mol. The lowest BCUT2D eigenvalue weighted by Crippen LogP contribution is -2.29. The van der Waals surface area contributed by atoms with Crippen molar-refractivity contribution in [2.75, 3.05) is 0 Å². The van der Waals surface area contributed by atoms with Crippen LogP contribution >= 0.6 is 0 Å². The third-order valence-electron chi connectivity index (χ3n) is 2.95. The summed E-state index contributed by atoms with van der Waals surface area (Å²) < 4.78 is 13.1. The molecule has 0 bridgehead atoms. The lowest BCUT2D eigenvalue weighted by atomic mass is 10.1. The molecule has 1 aromatic carbocycles. The molecule has 1 unspecified atom stereocenters. The van der Waals surface area contributed by atoms with Crippen molar-refractivity contribution in [1.82, 2.24) is 5.32 Å². The number of nitrogens with one attached hydrogen (secondary N) is 1. The van der Waals surface area contributed by atoms with Crippen molar-refractivity contribution in [2.24, 2.45) is 0 Å². The highest BCUT2D eigenvalue weighted by atomic mass is 19.1. The van der Waals surface area contributed by atoms with Gasteiger partial charge >= 0.3 is 0 Å². The largest absolute Gasteiger partial charge is 0.508 e. The molecular formula is C13H16FNO. The molecule has 1 aromatic rings. The quantitative estimate of drug-likeness (QED) is 0.769. The lowest BCUT2D eigenvalue weighted by Gasteiger charge is -2.20. The van der Waals surface area contributed by atoms with Crippen molar-refractivity contribution in [2.45, 2.75) is 31.8 Å². The van der Waals surface area contributed by atoms with Gasteiger partial charge in [0.2, 0.25) is 0 Å². The van der Waals surface area contributed by atoms with Crippen LogP contribution in [0.15, 0.2) is 30.4 Å². The normalized spacial score (nSPS) is 17.9. The fourth-order valence-corrected chi connectivity index (χ4v) is 2.07. The smallest absolute Gasteiger partial charge is 0.123 e. The molecule has 1 aliphatic carbocycles. The number of benzene rings is 1. The Labute approximate surface area is 94.8 Å². The molecule has 0 aromatic heterocycles. The summed E-state index contributed by atoms with van der Waals surface area (Å²) in [6.45, 7) is 1.94. The molecule has 1 aliphatic rings. The molecule has 0 radical (unpaired) electrons. The summed E-state index contributed by atoms with van der Waals surface area (Å²) in [5, 5.41) is 13.0. The number of hydrogen-bond donors (Lipinski definition) is 2. The zero-order chi connectivity index (χ0) is 11.5. The van der Waals surface area contributed by atoms with Crippen LogP contribution in [0.25, 0.3) is 0 Å². The Morgan fingerprint density at radius 1 is 1.38 bits per heavy atom. The van der Waals surface area contributed by atoms with E-state index in [1.165, 1.54) is 18.2 Å². The van der Waals surface area contributed by atoms with Crippen LogP contribution in [0.1, 0.15) is 31.4 Å². The first-order valence-corrected chi connectivity index (χ1v) is 5.56. The van der Waals surface area contributed by atoms with E-state index < -0.39 is 0 Å². The van der Waals surface area contributed by atoms with E-state index in [0.717, 1.165) is 12.8 Å². The highest BCUT2D eigenvalue weighted by molar-refractivity contribution is 5.35. The number of hydrogen-bond acceptors (Lipinski definition) is 2. The first-order chi connectivity index (χ1) is 7.66. The van der Waals surface area contributed by atoms with E-state index in [9.17, 15) is 9.50 Å². The number of aromatic hydroxyl groups is 1. The Balaban J connectivity index is 2.07. The molecule has 2 rings (SSSR count). The summed E-state index contributed by atoms with van der Waals surface area (Å²) in [6.07, 6.45) is 6.27. The second kappa shape index (κ2) is 4.66. The highest BCUT2D eigenvalue weighted by Gasteiger charge is 2.16. The van der Waals surface area contributed by atoms with E-state index >= 15 is 0 Å². The van der Waals surface area contributed by atoms with E-state index in [1.54, 1.807) is 0 Å². The van der Waals surface area contributed by atoms with E-state index in [-0.39, 0.29) is 17.6 Å². The van der Waals surface area contributed by atoms with Crippen molar-refractivity contribution < 1.29 is 9.50 Å². The van der Waals surface area contributed by atoms with Crippen molar-refractivity contribution in [3.63, 3.8) is 0 Å². The monoisotopic (exact) mass is 221 g/mol. The van der Waals surface area contributed by atoms with Gasteiger partial charge in [0.15, 0.2) is 0 Å². The number of halogens is 1. The number of phenols is 1. The van der Waals surface area contributed by atoms with E-state index in [2.05, 4.69) is 17.5 Å². The van der Waals surface area contributed by atoms with Gasteiger partial charge in [-0.25, -0.2) is 4.39 Å². The maximum Gasteiger partial charge on any atom is 0.123 e. The minimum atomic E-state index is -0.314. The van der Waals surface area contributed by atoms with Crippen LogP contribution < -0.4 is 5.32 Å². The fourth-order valence-electron chi connectivity index (χ4n) is 2.07. The van der Waals surface area contributed by atoms with Crippen LogP contribution in [0.2, 0.25) is 0 Å². The van der Waals surface area contributed by atoms with Crippen molar-refractivity contribution in [1.29, 1.82) is 0 Å². The molecule has 16 heavy (non-hydrogen) atoms. The fraction of sp³-hybridized carbons (Fsp3) is 0.385. The standard InChI is InChI=1S/C13H16FNO/c1-9(15-11-4-2-3-5-11)12-8-10(14)6-7-13(12)16/h2-3,6-9,11,15-16H,4-5H2,1H3. The first-order valence-electron chi connectivity index (χ1n) is 5.56. The van der Waals surface area contributed by atoms with Crippen LogP contribution in [-0.2, 0) is 0 Å². The maximum atomic E-state index is 13.1. The molecule has 0 saturated heterocycles. The van der Waals surface area contributed by atoms with Gasteiger partial charge in [-0.15, -0.1) is 0 Å². The Morgan fingerprint density at radius 2 is 2.06 bits per heavy atom. The van der Waals surface area contributed by atoms with E-state index in [0.29, 0.717) is 11.6 Å². The Hall–Kier alpha value is -1.35. The Bertz CT molecular complexity index is 395. The predicted octanol–water partition coefficient (Wildman–Crippen LogP) is 2.90. The van der Waals surface area contributed by atoms with E-state index in [1.807, 2.05) is 6.92 Å². The summed E-state index contributed by atoms with van der Waals surface area (Å²) in [7, 11) is 0. The van der Waals surface area contributed by atoms with Crippen LogP contribution in [0.4, 0.5) is 4.39 Å². The maximum absolute atomic E-state index is 13.1. The van der Waals surface area contributed by atoms with Gasteiger partial charge < -0.3 is 10.4 Å². The van der Waals surface area contributed by atoms with Gasteiger partial charge in [-0.1, -0.05) is 12.2 Å². The molecule has 0 amide bonds. The molecular weight excluding hydrogens is 205 g/mol. The van der Waals surface area contributed by atoms with Crippen molar-refractivity contribution >= 4 is 0 Å². The zero-order valence-corrected chi connectivity index (χ0v) is 9.28. The SMILES string of the molecule is CC(NC1CC=CC1)c1cc(F)ccc1O. The van der Waals surface area contributed by atoms with Gasteiger partial charge in [0.25, 0.3) is 0 Å². The van der Waals surface area contributed by atoms with Gasteiger partial charge in [-0.2, -0.15) is 0 Å². The molecule has 0 saturated carbocycles. The predicted molar refractivity (Wildman–Crippen MR) is 61.8 cm³/mol. The Morgan fingerprint density at radius 3 is 2.75 bits per heavy atom. The number of phenolic OH excluding ortho intramolecular Hbond substituents is 1. The minimum Gasteiger partial charge on any atom is -0.508 e. The molecule has 0 heterocycles. The van der Waals surface area contributed by atoms with E-state index in [4.69, 9.17) is 0 Å².